The molecular weight excluding hydrogens is 458 g/mol. The van der Waals surface area contributed by atoms with Crippen molar-refractivity contribution < 1.29 is 14.2 Å². The number of methoxy groups -OCH3 is 3. The van der Waals surface area contributed by atoms with Gasteiger partial charge in [0, 0.05) is 22.4 Å². The van der Waals surface area contributed by atoms with Gasteiger partial charge in [0.05, 0.1) is 21.3 Å². The molecule has 0 saturated heterocycles. The van der Waals surface area contributed by atoms with Crippen molar-refractivity contribution >= 4 is 41.2 Å². The molecule has 0 atom stereocenters. The summed E-state index contributed by atoms with van der Waals surface area (Å²) in [6.45, 7) is 0. The molecule has 0 fully saturated rings. The number of hydrogen-bond donors (Lipinski definition) is 1. The van der Waals surface area contributed by atoms with Crippen LogP contribution in [-0.2, 0) is 14.2 Å². The zero-order chi connectivity index (χ0) is 26.0. The largest absolute Gasteiger partial charge is 0.496 e. The molecule has 4 rings (SSSR count). The molecule has 0 heterocycles. The number of nitrogen functional groups attached to an aromatic ring is 1. The second-order valence-electron chi connectivity index (χ2n) is 8.36. The third kappa shape index (κ3) is 6.30. The highest BCUT2D eigenvalue weighted by Crippen LogP contribution is 2.38. The van der Waals surface area contributed by atoms with E-state index in [4.69, 9.17) is 19.9 Å². The lowest BCUT2D eigenvalue weighted by atomic mass is 9.93. The van der Waals surface area contributed by atoms with E-state index in [1.54, 1.807) is 21.3 Å². The lowest BCUT2D eigenvalue weighted by Crippen LogP contribution is -2.05. The van der Waals surface area contributed by atoms with E-state index in [1.807, 2.05) is 121 Å². The molecule has 0 unspecified atom stereocenters. The van der Waals surface area contributed by atoms with E-state index in [-0.39, 0.29) is 0 Å². The number of ether oxygens (including phenoxy) is 3. The highest BCUT2D eigenvalue weighted by Gasteiger charge is 2.22. The lowest BCUT2D eigenvalue weighted by molar-refractivity contribution is 0.361. The van der Waals surface area contributed by atoms with E-state index in [1.165, 1.54) is 0 Å². The summed E-state index contributed by atoms with van der Waals surface area (Å²) in [4.78, 5) is 0. The minimum absolute atomic E-state index is 0.580. The highest BCUT2D eigenvalue weighted by molar-refractivity contribution is 5.95. The maximum Gasteiger partial charge on any atom is 0.128 e. The molecule has 0 radical (unpaired) electrons. The summed E-state index contributed by atoms with van der Waals surface area (Å²) in [5.41, 5.74) is 12.5. The molecule has 0 aliphatic rings. The number of nitrogens with two attached hydrogens (primary N) is 1. The van der Waals surface area contributed by atoms with Crippen molar-refractivity contribution in [2.75, 3.05) is 27.1 Å². The first kappa shape index (κ1) is 25.4. The second kappa shape index (κ2) is 12.3. The third-order valence-electron chi connectivity index (χ3n) is 5.89. The second-order valence-corrected chi connectivity index (χ2v) is 8.36. The summed E-state index contributed by atoms with van der Waals surface area (Å²) < 4.78 is 17.9. The van der Waals surface area contributed by atoms with Gasteiger partial charge >= 0.3 is 0 Å². The van der Waals surface area contributed by atoms with Crippen LogP contribution >= 0.6 is 0 Å². The topological polar surface area (TPSA) is 53.7 Å². The predicted molar refractivity (Wildman–Crippen MR) is 155 cm³/mol. The van der Waals surface area contributed by atoms with E-state index in [2.05, 4.69) is 0 Å². The van der Waals surface area contributed by atoms with Gasteiger partial charge in [0.15, 0.2) is 0 Å². The van der Waals surface area contributed by atoms with Gasteiger partial charge in [-0.25, -0.2) is 0 Å². The van der Waals surface area contributed by atoms with E-state index in [0.717, 1.165) is 33.4 Å². The summed E-state index contributed by atoms with van der Waals surface area (Å²) in [5, 5.41) is 0. The first-order valence-corrected chi connectivity index (χ1v) is 12.0. The summed E-state index contributed by atoms with van der Waals surface area (Å²) in [6.07, 6.45) is 5.99. The maximum atomic E-state index is 6.47. The Morgan fingerprint density at radius 1 is 0.514 bits per heavy atom. The van der Waals surface area contributed by atoms with Gasteiger partial charge < -0.3 is 19.9 Å². The fourth-order valence-corrected chi connectivity index (χ4v) is 4.15. The third-order valence-corrected chi connectivity index (χ3v) is 5.89. The Labute approximate surface area is 218 Å². The van der Waals surface area contributed by atoms with Crippen LogP contribution in [0.5, 0.6) is 0 Å². The molecule has 4 heteroatoms. The Morgan fingerprint density at radius 2 is 0.838 bits per heavy atom. The van der Waals surface area contributed by atoms with Crippen molar-refractivity contribution in [1.82, 2.24) is 0 Å². The SMILES string of the molecule is COC(=Cc1ccccc1)c1cc(N)cc(C(=Cc2ccccc2)OC)c1C(=Cc1ccccc1)OC. The van der Waals surface area contributed by atoms with Crippen LogP contribution in [0.2, 0.25) is 0 Å². The molecule has 37 heavy (non-hydrogen) atoms. The number of anilines is 1. The fourth-order valence-electron chi connectivity index (χ4n) is 4.15. The van der Waals surface area contributed by atoms with Gasteiger partial charge in [0.25, 0.3) is 0 Å². The first-order valence-electron chi connectivity index (χ1n) is 12.0. The molecule has 4 aromatic rings. The van der Waals surface area contributed by atoms with Crippen LogP contribution in [0.4, 0.5) is 5.69 Å². The van der Waals surface area contributed by atoms with Crippen molar-refractivity contribution in [3.05, 3.63) is 137 Å². The van der Waals surface area contributed by atoms with Crippen molar-refractivity contribution in [2.45, 2.75) is 0 Å². The Morgan fingerprint density at radius 3 is 1.16 bits per heavy atom. The standard InChI is InChI=1S/C33H31NO3/c1-35-30(19-24-13-7-4-8-14-24)28-22-27(34)23-29(31(36-2)20-25-15-9-5-10-16-25)33(28)32(37-3)21-26-17-11-6-12-18-26/h4-23H,34H2,1-3H3. The summed E-state index contributed by atoms with van der Waals surface area (Å²) in [6, 6.07) is 33.9. The van der Waals surface area contributed by atoms with Crippen LogP contribution in [0, 0.1) is 0 Å². The average molecular weight is 490 g/mol. The van der Waals surface area contributed by atoms with Gasteiger partial charge in [-0.1, -0.05) is 91.0 Å². The molecule has 0 bridgehead atoms. The van der Waals surface area contributed by atoms with Crippen LogP contribution in [0.3, 0.4) is 0 Å². The van der Waals surface area contributed by atoms with Crippen molar-refractivity contribution in [2.24, 2.45) is 0 Å². The van der Waals surface area contributed by atoms with Crippen LogP contribution < -0.4 is 5.73 Å². The van der Waals surface area contributed by atoms with Crippen LogP contribution in [-0.4, -0.2) is 21.3 Å². The first-order chi connectivity index (χ1) is 18.1. The van der Waals surface area contributed by atoms with E-state index in [0.29, 0.717) is 23.0 Å². The smallest absolute Gasteiger partial charge is 0.128 e. The molecule has 0 aromatic heterocycles. The Balaban J connectivity index is 2.02. The van der Waals surface area contributed by atoms with Crippen molar-refractivity contribution in [3.63, 3.8) is 0 Å². The fraction of sp³-hybridized carbons (Fsp3) is 0.0909. The van der Waals surface area contributed by atoms with E-state index in [9.17, 15) is 0 Å². The summed E-state index contributed by atoms with van der Waals surface area (Å²) in [5.74, 6) is 1.96. The Kier molecular flexibility index (Phi) is 8.45. The predicted octanol–water partition coefficient (Wildman–Crippen LogP) is 7.70. The Bertz CT molecular complexity index is 1330. The van der Waals surface area contributed by atoms with Gasteiger partial charge in [0.2, 0.25) is 0 Å². The maximum absolute atomic E-state index is 6.47. The molecule has 4 aromatic carbocycles. The average Bonchev–Trinajstić information content (AvgIpc) is 2.95. The monoisotopic (exact) mass is 489 g/mol. The molecule has 186 valence electrons. The zero-order valence-electron chi connectivity index (χ0n) is 21.3. The molecule has 4 nitrogen and oxygen atoms in total. The quantitative estimate of drug-likeness (QED) is 0.149. The molecule has 0 spiro atoms. The van der Waals surface area contributed by atoms with Crippen molar-refractivity contribution in [3.8, 4) is 0 Å². The molecule has 2 N–H and O–H groups in total. The number of rotatable bonds is 9. The highest BCUT2D eigenvalue weighted by atomic mass is 16.5. The van der Waals surface area contributed by atoms with Crippen molar-refractivity contribution in [1.29, 1.82) is 0 Å². The van der Waals surface area contributed by atoms with Gasteiger partial charge in [-0.15, -0.1) is 0 Å². The normalized spacial score (nSPS) is 12.2. The molecular formula is C33H31NO3. The minimum atomic E-state index is 0.580. The van der Waals surface area contributed by atoms with Crippen LogP contribution in [0.25, 0.3) is 35.5 Å². The minimum Gasteiger partial charge on any atom is -0.496 e. The summed E-state index contributed by atoms with van der Waals surface area (Å²) in [7, 11) is 4.98. The van der Waals surface area contributed by atoms with E-state index >= 15 is 0 Å². The van der Waals surface area contributed by atoms with Gasteiger partial charge in [-0.2, -0.15) is 0 Å². The molecule has 0 amide bonds. The molecule has 0 aliphatic carbocycles. The van der Waals surface area contributed by atoms with Crippen LogP contribution in [0.1, 0.15) is 33.4 Å². The summed E-state index contributed by atoms with van der Waals surface area (Å²) >= 11 is 0. The lowest BCUT2D eigenvalue weighted by Gasteiger charge is -2.21. The molecule has 0 aliphatic heterocycles. The number of benzene rings is 4. The Hall–Kier alpha value is -4.70. The zero-order valence-corrected chi connectivity index (χ0v) is 21.3. The van der Waals surface area contributed by atoms with E-state index < -0.39 is 0 Å². The van der Waals surface area contributed by atoms with Crippen LogP contribution in [0.15, 0.2) is 103 Å². The van der Waals surface area contributed by atoms with Gasteiger partial charge in [-0.05, 0) is 47.1 Å². The number of hydrogen-bond acceptors (Lipinski definition) is 4. The van der Waals surface area contributed by atoms with Gasteiger partial charge in [0.1, 0.15) is 17.3 Å². The van der Waals surface area contributed by atoms with Gasteiger partial charge in [-0.3, -0.25) is 0 Å². The molecule has 0 saturated carbocycles.